The number of rotatable bonds is 2. The van der Waals surface area contributed by atoms with Gasteiger partial charge in [-0.3, -0.25) is 0 Å². The third kappa shape index (κ3) is 1.80. The lowest BCUT2D eigenvalue weighted by Gasteiger charge is -2.02. The summed E-state index contributed by atoms with van der Waals surface area (Å²) in [5.74, 6) is 5.48. The zero-order chi connectivity index (χ0) is 13.5. The Balaban J connectivity index is 2.65. The average Bonchev–Trinajstić information content (AvgIpc) is 2.58. The molecule has 18 heavy (non-hydrogen) atoms. The van der Waals surface area contributed by atoms with Crippen LogP contribution in [0.25, 0.3) is 0 Å². The summed E-state index contributed by atoms with van der Waals surface area (Å²) >= 11 is 0. The van der Waals surface area contributed by atoms with E-state index in [-0.39, 0.29) is 10.7 Å². The highest BCUT2D eigenvalue weighted by Gasteiger charge is 2.22. The molecular formula is C10H12N4O3S. The molecule has 0 atom stereocenters. The number of aromatic nitrogens is 3. The van der Waals surface area contributed by atoms with Crippen LogP contribution in [0.15, 0.2) is 34.0 Å². The lowest BCUT2D eigenvalue weighted by molar-refractivity contribution is 0.576. The molecule has 7 nitrogen and oxygen atoms in total. The minimum Gasteiger partial charge on any atom is -0.333 e. The maximum atomic E-state index is 12.2. The predicted octanol–water partition coefficient (Wildman–Crippen LogP) is -0.388. The summed E-state index contributed by atoms with van der Waals surface area (Å²) in [6, 6.07) is 6.12. The molecule has 0 bridgehead atoms. The van der Waals surface area contributed by atoms with Gasteiger partial charge in [0.2, 0.25) is 0 Å². The van der Waals surface area contributed by atoms with Gasteiger partial charge in [-0.15, -0.1) is 5.10 Å². The zero-order valence-corrected chi connectivity index (χ0v) is 10.7. The van der Waals surface area contributed by atoms with Crippen LogP contribution < -0.4 is 11.5 Å². The molecule has 0 saturated carbocycles. The number of hydrogen-bond donors (Lipinski definition) is 1. The van der Waals surface area contributed by atoms with Crippen molar-refractivity contribution in [2.75, 3.05) is 5.84 Å². The molecule has 1 aromatic heterocycles. The van der Waals surface area contributed by atoms with Crippen LogP contribution in [0.4, 0.5) is 0 Å². The van der Waals surface area contributed by atoms with E-state index >= 15 is 0 Å². The number of aryl methyl sites for hydroxylation is 2. The molecule has 8 heteroatoms. The van der Waals surface area contributed by atoms with E-state index in [2.05, 4.69) is 5.10 Å². The van der Waals surface area contributed by atoms with Crippen molar-refractivity contribution >= 4 is 10.0 Å². The molecule has 0 saturated heterocycles. The van der Waals surface area contributed by atoms with Gasteiger partial charge in [0, 0.05) is 0 Å². The third-order valence-electron chi connectivity index (χ3n) is 2.50. The van der Waals surface area contributed by atoms with Crippen LogP contribution in [0.5, 0.6) is 0 Å². The second-order valence-electron chi connectivity index (χ2n) is 3.86. The van der Waals surface area contributed by atoms with E-state index in [1.54, 1.807) is 12.1 Å². The van der Waals surface area contributed by atoms with E-state index in [4.69, 9.17) is 5.84 Å². The molecule has 0 amide bonds. The molecule has 2 N–H and O–H groups in total. The highest BCUT2D eigenvalue weighted by molar-refractivity contribution is 7.89. The van der Waals surface area contributed by atoms with Gasteiger partial charge < -0.3 is 5.84 Å². The van der Waals surface area contributed by atoms with Crippen LogP contribution in [0.2, 0.25) is 0 Å². The van der Waals surface area contributed by atoms with Gasteiger partial charge in [-0.2, -0.15) is 13.1 Å². The van der Waals surface area contributed by atoms with Gasteiger partial charge in [-0.05, 0) is 26.0 Å². The Morgan fingerprint density at radius 3 is 2.17 bits per heavy atom. The van der Waals surface area contributed by atoms with Gasteiger partial charge in [-0.1, -0.05) is 21.8 Å². The molecule has 0 radical (unpaired) electrons. The first-order valence-electron chi connectivity index (χ1n) is 5.10. The Labute approximate surface area is 103 Å². The molecule has 0 aliphatic rings. The SMILES string of the molecule is Cc1ccc(S(=O)(=O)n2nc(C)n(N)c2=O)cc1. The van der Waals surface area contributed by atoms with Crippen LogP contribution in [-0.2, 0) is 10.0 Å². The van der Waals surface area contributed by atoms with Crippen LogP contribution >= 0.6 is 0 Å². The third-order valence-corrected chi connectivity index (χ3v) is 4.06. The van der Waals surface area contributed by atoms with Crippen molar-refractivity contribution in [1.29, 1.82) is 0 Å². The largest absolute Gasteiger partial charge is 0.379 e. The summed E-state index contributed by atoms with van der Waals surface area (Å²) < 4.78 is 25.4. The highest BCUT2D eigenvalue weighted by atomic mass is 32.2. The highest BCUT2D eigenvalue weighted by Crippen LogP contribution is 2.12. The standard InChI is InChI=1S/C10H12N4O3S/c1-7-3-5-9(6-4-7)18(16,17)14-10(15)13(11)8(2)12-14/h3-6H,11H2,1-2H3. The minimum atomic E-state index is -4.00. The predicted molar refractivity (Wildman–Crippen MR) is 65.1 cm³/mol. The van der Waals surface area contributed by atoms with Crippen LogP contribution in [0.1, 0.15) is 11.4 Å². The fraction of sp³-hybridized carbons (Fsp3) is 0.200. The number of nitrogens with two attached hydrogens (primary N) is 1. The summed E-state index contributed by atoms with van der Waals surface area (Å²) in [6.45, 7) is 3.28. The van der Waals surface area contributed by atoms with Gasteiger partial charge in [0.05, 0.1) is 4.90 Å². The van der Waals surface area contributed by atoms with Crippen molar-refractivity contribution in [3.05, 3.63) is 46.1 Å². The molecule has 0 fully saturated rings. The molecule has 2 rings (SSSR count). The van der Waals surface area contributed by atoms with Crippen molar-refractivity contribution in [1.82, 2.24) is 13.9 Å². The molecule has 0 spiro atoms. The van der Waals surface area contributed by atoms with Gasteiger partial charge in [0.25, 0.3) is 10.0 Å². The molecule has 96 valence electrons. The lowest BCUT2D eigenvalue weighted by Crippen LogP contribution is -2.33. The van der Waals surface area contributed by atoms with E-state index in [9.17, 15) is 13.2 Å². The Bertz CT molecular complexity index is 740. The van der Waals surface area contributed by atoms with E-state index in [1.807, 2.05) is 6.92 Å². The Hall–Kier alpha value is -2.09. The first-order valence-corrected chi connectivity index (χ1v) is 6.54. The monoisotopic (exact) mass is 268 g/mol. The first-order chi connectivity index (χ1) is 8.34. The van der Waals surface area contributed by atoms with Crippen molar-refractivity contribution in [3.8, 4) is 0 Å². The topological polar surface area (TPSA) is 100.0 Å². The van der Waals surface area contributed by atoms with E-state index in [1.165, 1.54) is 19.1 Å². The maximum Gasteiger partial charge on any atom is 0.379 e. The Morgan fingerprint density at radius 2 is 1.72 bits per heavy atom. The van der Waals surface area contributed by atoms with Crippen LogP contribution in [0, 0.1) is 13.8 Å². The maximum absolute atomic E-state index is 12.2. The zero-order valence-electron chi connectivity index (χ0n) is 9.86. The van der Waals surface area contributed by atoms with Gasteiger partial charge in [0.15, 0.2) is 5.82 Å². The molecule has 1 heterocycles. The normalized spacial score (nSPS) is 11.7. The lowest BCUT2D eigenvalue weighted by atomic mass is 10.2. The Morgan fingerprint density at radius 1 is 1.17 bits per heavy atom. The summed E-state index contributed by atoms with van der Waals surface area (Å²) in [6.07, 6.45) is 0. The van der Waals surface area contributed by atoms with Gasteiger partial charge in [-0.25, -0.2) is 4.79 Å². The molecule has 0 aliphatic carbocycles. The van der Waals surface area contributed by atoms with Crippen LogP contribution in [-0.4, -0.2) is 22.3 Å². The molecule has 2 aromatic rings. The average molecular weight is 268 g/mol. The van der Waals surface area contributed by atoms with Crippen molar-refractivity contribution in [3.63, 3.8) is 0 Å². The van der Waals surface area contributed by atoms with Crippen molar-refractivity contribution < 1.29 is 8.42 Å². The number of nitrogen functional groups attached to an aromatic ring is 1. The fourth-order valence-electron chi connectivity index (χ4n) is 1.42. The second kappa shape index (κ2) is 3.98. The molecule has 0 aliphatic heterocycles. The van der Waals surface area contributed by atoms with Crippen molar-refractivity contribution in [2.45, 2.75) is 18.7 Å². The summed E-state index contributed by atoms with van der Waals surface area (Å²) in [5.41, 5.74) is 0.0231. The molecule has 0 unspecified atom stereocenters. The molecular weight excluding hydrogens is 256 g/mol. The number of benzene rings is 1. The smallest absolute Gasteiger partial charge is 0.333 e. The van der Waals surface area contributed by atoms with E-state index in [0.717, 1.165) is 5.56 Å². The second-order valence-corrected chi connectivity index (χ2v) is 5.63. The van der Waals surface area contributed by atoms with Gasteiger partial charge in [0.1, 0.15) is 0 Å². The number of nitrogens with zero attached hydrogens (tertiary/aromatic N) is 3. The fourth-order valence-corrected chi connectivity index (χ4v) is 2.62. The summed E-state index contributed by atoms with van der Waals surface area (Å²) in [5, 5.41) is 3.63. The van der Waals surface area contributed by atoms with Gasteiger partial charge >= 0.3 is 5.69 Å². The van der Waals surface area contributed by atoms with E-state index < -0.39 is 15.7 Å². The van der Waals surface area contributed by atoms with Crippen LogP contribution in [0.3, 0.4) is 0 Å². The van der Waals surface area contributed by atoms with E-state index in [0.29, 0.717) is 8.76 Å². The summed E-state index contributed by atoms with van der Waals surface area (Å²) in [7, 11) is -4.00. The quantitative estimate of drug-likeness (QED) is 0.748. The van der Waals surface area contributed by atoms with Crippen molar-refractivity contribution in [2.24, 2.45) is 0 Å². The minimum absolute atomic E-state index is 0.00620. The summed E-state index contributed by atoms with van der Waals surface area (Å²) in [4.78, 5) is 11.6. The number of hydrogen-bond acceptors (Lipinski definition) is 5. The Kier molecular flexibility index (Phi) is 2.74. The molecule has 1 aromatic carbocycles. The first kappa shape index (κ1) is 12.4.